The van der Waals surface area contributed by atoms with Crippen LogP contribution >= 0.6 is 0 Å². The Morgan fingerprint density at radius 1 is 0.821 bits per heavy atom. The summed E-state index contributed by atoms with van der Waals surface area (Å²) in [6, 6.07) is 25.9. The van der Waals surface area contributed by atoms with Gasteiger partial charge in [0.15, 0.2) is 9.84 Å². The Morgan fingerprint density at radius 3 is 1.86 bits per heavy atom. The molecule has 3 aromatic rings. The molecule has 0 aliphatic rings. The van der Waals surface area contributed by atoms with E-state index in [2.05, 4.69) is 10.6 Å². The van der Waals surface area contributed by atoms with Gasteiger partial charge in [0.2, 0.25) is 5.91 Å². The largest absolute Gasteiger partial charge is 0.324 e. The fourth-order valence-electron chi connectivity index (χ4n) is 3.00. The van der Waals surface area contributed by atoms with Gasteiger partial charge >= 0.3 is 0 Å². The minimum Gasteiger partial charge on any atom is -0.324 e. The molecule has 0 aliphatic carbocycles. The number of benzene rings is 3. The number of carbonyl (C=O) groups is 1. The van der Waals surface area contributed by atoms with Crippen LogP contribution in [0.3, 0.4) is 0 Å². The molecular formula is C22H22N2O3S. The van der Waals surface area contributed by atoms with Crippen molar-refractivity contribution in [2.24, 2.45) is 0 Å². The van der Waals surface area contributed by atoms with Crippen molar-refractivity contribution in [2.75, 3.05) is 18.1 Å². The molecule has 0 radical (unpaired) electrons. The van der Waals surface area contributed by atoms with Crippen LogP contribution < -0.4 is 10.6 Å². The van der Waals surface area contributed by atoms with Crippen LogP contribution in [0.2, 0.25) is 0 Å². The lowest BCUT2D eigenvalue weighted by Gasteiger charge is -2.20. The van der Waals surface area contributed by atoms with Gasteiger partial charge in [-0.05, 0) is 23.3 Å². The molecule has 0 atom stereocenters. The lowest BCUT2D eigenvalue weighted by molar-refractivity contribution is -0.115. The van der Waals surface area contributed by atoms with Crippen molar-refractivity contribution in [3.05, 3.63) is 96.1 Å². The van der Waals surface area contributed by atoms with Crippen LogP contribution in [0.4, 0.5) is 5.69 Å². The highest BCUT2D eigenvalue weighted by atomic mass is 32.2. The number of hydrogen-bond acceptors (Lipinski definition) is 4. The third kappa shape index (κ3) is 5.06. The molecule has 0 aromatic heterocycles. The van der Waals surface area contributed by atoms with Crippen LogP contribution in [-0.2, 0) is 14.6 Å². The Morgan fingerprint density at radius 2 is 1.32 bits per heavy atom. The molecule has 0 aliphatic heterocycles. The molecule has 0 bridgehead atoms. The van der Waals surface area contributed by atoms with E-state index in [4.69, 9.17) is 0 Å². The van der Waals surface area contributed by atoms with E-state index in [-0.39, 0.29) is 29.1 Å². The zero-order valence-corrected chi connectivity index (χ0v) is 16.3. The first kappa shape index (κ1) is 19.8. The van der Waals surface area contributed by atoms with E-state index >= 15 is 0 Å². The second kappa shape index (κ2) is 8.82. The molecule has 0 spiro atoms. The minimum absolute atomic E-state index is 0.0343. The van der Waals surface area contributed by atoms with Crippen LogP contribution in [0.15, 0.2) is 89.8 Å². The highest BCUT2D eigenvalue weighted by Gasteiger charge is 2.17. The van der Waals surface area contributed by atoms with Crippen molar-refractivity contribution >= 4 is 21.4 Å². The summed E-state index contributed by atoms with van der Waals surface area (Å²) in [6.07, 6.45) is 1.12. The number of carbonyl (C=O) groups excluding carboxylic acids is 1. The Kier molecular flexibility index (Phi) is 6.23. The van der Waals surface area contributed by atoms with Crippen molar-refractivity contribution in [2.45, 2.75) is 10.9 Å². The van der Waals surface area contributed by atoms with Gasteiger partial charge in [-0.2, -0.15) is 0 Å². The molecule has 0 saturated heterocycles. The highest BCUT2D eigenvalue weighted by molar-refractivity contribution is 7.90. The monoisotopic (exact) mass is 394 g/mol. The first-order valence-electron chi connectivity index (χ1n) is 8.87. The van der Waals surface area contributed by atoms with Gasteiger partial charge in [-0.3, -0.25) is 10.1 Å². The van der Waals surface area contributed by atoms with E-state index in [9.17, 15) is 13.2 Å². The molecule has 0 unspecified atom stereocenters. The maximum absolute atomic E-state index is 12.5. The molecule has 28 heavy (non-hydrogen) atoms. The van der Waals surface area contributed by atoms with E-state index in [1.54, 1.807) is 18.2 Å². The number of rotatable bonds is 7. The summed E-state index contributed by atoms with van der Waals surface area (Å²) in [5, 5.41) is 5.96. The maximum Gasteiger partial charge on any atom is 0.238 e. The summed E-state index contributed by atoms with van der Waals surface area (Å²) in [5.74, 6) is -0.312. The number of anilines is 1. The Hall–Kier alpha value is -2.96. The molecule has 0 heterocycles. The zero-order valence-electron chi connectivity index (χ0n) is 15.5. The summed E-state index contributed by atoms with van der Waals surface area (Å²) in [6.45, 7) is 0.0343. The third-order valence-electron chi connectivity index (χ3n) is 4.29. The van der Waals surface area contributed by atoms with Gasteiger partial charge in [-0.25, -0.2) is 8.42 Å². The Labute approximate surface area is 165 Å². The van der Waals surface area contributed by atoms with Crippen molar-refractivity contribution in [1.29, 1.82) is 0 Å². The first-order valence-corrected chi connectivity index (χ1v) is 10.8. The molecule has 144 valence electrons. The number of para-hydroxylation sites is 1. The first-order chi connectivity index (χ1) is 13.4. The quantitative estimate of drug-likeness (QED) is 0.644. The molecule has 6 heteroatoms. The average Bonchev–Trinajstić information content (AvgIpc) is 2.69. The fourth-order valence-corrected chi connectivity index (χ4v) is 3.85. The summed E-state index contributed by atoms with van der Waals surface area (Å²) >= 11 is 0. The van der Waals surface area contributed by atoms with Crippen LogP contribution in [0.25, 0.3) is 0 Å². The van der Waals surface area contributed by atoms with Crippen LogP contribution in [0, 0.1) is 0 Å². The number of sulfone groups is 1. The van der Waals surface area contributed by atoms with Gasteiger partial charge in [-0.1, -0.05) is 72.8 Å². The van der Waals surface area contributed by atoms with Gasteiger partial charge in [0.25, 0.3) is 0 Å². The number of amides is 1. The van der Waals surface area contributed by atoms with E-state index in [0.29, 0.717) is 0 Å². The molecule has 3 rings (SSSR count). The summed E-state index contributed by atoms with van der Waals surface area (Å²) in [5.41, 5.74) is 2.36. The standard InChI is InChI=1S/C22H22N2O3S/c1-28(26,27)20-15-9-8-14-19(20)24-21(25)16-23-22(17-10-4-2-5-11-17)18-12-6-3-7-13-18/h2-15,22-23H,16H2,1H3,(H,24,25). The van der Waals surface area contributed by atoms with Gasteiger partial charge < -0.3 is 5.32 Å². The second-order valence-corrected chi connectivity index (χ2v) is 8.44. The lowest BCUT2D eigenvalue weighted by Crippen LogP contribution is -2.32. The zero-order chi connectivity index (χ0) is 20.0. The summed E-state index contributed by atoms with van der Waals surface area (Å²) < 4.78 is 23.8. The van der Waals surface area contributed by atoms with E-state index < -0.39 is 9.84 Å². The van der Waals surface area contributed by atoms with Crippen molar-refractivity contribution in [1.82, 2.24) is 5.32 Å². The van der Waals surface area contributed by atoms with E-state index in [1.165, 1.54) is 6.07 Å². The van der Waals surface area contributed by atoms with Crippen molar-refractivity contribution in [3.8, 4) is 0 Å². The predicted octanol–water partition coefficient (Wildman–Crippen LogP) is 3.41. The average molecular weight is 394 g/mol. The minimum atomic E-state index is -3.43. The number of hydrogen-bond donors (Lipinski definition) is 2. The molecule has 1 amide bonds. The topological polar surface area (TPSA) is 75.3 Å². The van der Waals surface area contributed by atoms with Gasteiger partial charge in [0, 0.05) is 6.26 Å². The molecule has 2 N–H and O–H groups in total. The second-order valence-electron chi connectivity index (χ2n) is 6.45. The molecule has 3 aromatic carbocycles. The number of nitrogens with one attached hydrogen (secondary N) is 2. The van der Waals surface area contributed by atoms with Crippen LogP contribution in [0.1, 0.15) is 17.2 Å². The normalized spacial score (nSPS) is 11.4. The Balaban J connectivity index is 1.75. The van der Waals surface area contributed by atoms with Gasteiger partial charge in [0.1, 0.15) is 0 Å². The van der Waals surface area contributed by atoms with E-state index in [0.717, 1.165) is 17.4 Å². The molecule has 0 fully saturated rings. The highest BCUT2D eigenvalue weighted by Crippen LogP contribution is 2.22. The SMILES string of the molecule is CS(=O)(=O)c1ccccc1NC(=O)CNC(c1ccccc1)c1ccccc1. The lowest BCUT2D eigenvalue weighted by atomic mass is 9.99. The summed E-state index contributed by atoms with van der Waals surface area (Å²) in [7, 11) is -3.43. The smallest absolute Gasteiger partial charge is 0.238 e. The maximum atomic E-state index is 12.5. The van der Waals surface area contributed by atoms with Crippen molar-refractivity contribution < 1.29 is 13.2 Å². The van der Waals surface area contributed by atoms with Gasteiger partial charge in [0.05, 0.1) is 23.2 Å². The Bertz CT molecular complexity index is 996. The van der Waals surface area contributed by atoms with E-state index in [1.807, 2.05) is 60.7 Å². The fraction of sp³-hybridized carbons (Fsp3) is 0.136. The van der Waals surface area contributed by atoms with Crippen LogP contribution in [0.5, 0.6) is 0 Å². The third-order valence-corrected chi connectivity index (χ3v) is 5.45. The van der Waals surface area contributed by atoms with Crippen LogP contribution in [-0.4, -0.2) is 27.1 Å². The molecule has 5 nitrogen and oxygen atoms in total. The molecular weight excluding hydrogens is 372 g/mol. The van der Waals surface area contributed by atoms with Crippen molar-refractivity contribution in [3.63, 3.8) is 0 Å². The predicted molar refractivity (Wildman–Crippen MR) is 111 cm³/mol. The molecule has 0 saturated carbocycles. The summed E-state index contributed by atoms with van der Waals surface area (Å²) in [4.78, 5) is 12.6. The van der Waals surface area contributed by atoms with Gasteiger partial charge in [-0.15, -0.1) is 0 Å².